The molecule has 122 valence electrons. The molecule has 0 aliphatic heterocycles. The summed E-state index contributed by atoms with van der Waals surface area (Å²) in [6, 6.07) is 7.05. The van der Waals surface area contributed by atoms with Gasteiger partial charge in [-0.15, -0.1) is 0 Å². The normalized spacial score (nSPS) is 14.8. The fourth-order valence-corrected chi connectivity index (χ4v) is 3.55. The van der Waals surface area contributed by atoms with Crippen molar-refractivity contribution in [3.63, 3.8) is 0 Å². The number of halogens is 1. The topological polar surface area (TPSA) is 81.1 Å². The minimum Gasteiger partial charge on any atom is -0.298 e. The van der Waals surface area contributed by atoms with Crippen LogP contribution in [0.3, 0.4) is 0 Å². The van der Waals surface area contributed by atoms with Crippen LogP contribution in [-0.4, -0.2) is 29.8 Å². The molecule has 1 fully saturated rings. The van der Waals surface area contributed by atoms with E-state index in [4.69, 9.17) is 0 Å². The van der Waals surface area contributed by atoms with Gasteiger partial charge in [-0.1, -0.05) is 0 Å². The Hall–Kier alpha value is -2.06. The summed E-state index contributed by atoms with van der Waals surface area (Å²) in [4.78, 5) is 16.2. The molecule has 1 aromatic heterocycles. The van der Waals surface area contributed by atoms with Crippen LogP contribution < -0.4 is 10.3 Å². The molecule has 1 aliphatic rings. The summed E-state index contributed by atoms with van der Waals surface area (Å²) < 4.78 is 40.1. The molecule has 23 heavy (non-hydrogen) atoms. The van der Waals surface area contributed by atoms with Gasteiger partial charge in [0.2, 0.25) is 10.0 Å². The van der Waals surface area contributed by atoms with Gasteiger partial charge in [-0.2, -0.15) is 0 Å². The zero-order valence-corrected chi connectivity index (χ0v) is 13.1. The van der Waals surface area contributed by atoms with Crippen LogP contribution in [0.25, 0.3) is 11.3 Å². The number of sulfonamides is 1. The van der Waals surface area contributed by atoms with Gasteiger partial charge < -0.3 is 0 Å². The van der Waals surface area contributed by atoms with E-state index in [1.165, 1.54) is 29.1 Å². The maximum Gasteiger partial charge on any atom is 0.253 e. The first kappa shape index (κ1) is 15.8. The SMILES string of the molecule is O=c1cc(-c2ccc(F)cc2)ncn1CCNS(=O)(=O)C1CC1. The molecule has 8 heteroatoms. The average molecular weight is 337 g/mol. The van der Waals surface area contributed by atoms with Crippen LogP contribution in [-0.2, 0) is 16.6 Å². The predicted molar refractivity (Wildman–Crippen MR) is 83.8 cm³/mol. The molecule has 6 nitrogen and oxygen atoms in total. The van der Waals surface area contributed by atoms with E-state index in [0.717, 1.165) is 0 Å². The number of rotatable bonds is 6. The molecule has 3 rings (SSSR count). The quantitative estimate of drug-likeness (QED) is 0.857. The van der Waals surface area contributed by atoms with Gasteiger partial charge in [0, 0.05) is 24.7 Å². The molecule has 1 heterocycles. The lowest BCUT2D eigenvalue weighted by Crippen LogP contribution is -2.32. The van der Waals surface area contributed by atoms with Crippen molar-refractivity contribution in [1.29, 1.82) is 0 Å². The molecule has 1 aliphatic carbocycles. The minimum absolute atomic E-state index is 0.149. The van der Waals surface area contributed by atoms with E-state index >= 15 is 0 Å². The molecule has 0 bridgehead atoms. The van der Waals surface area contributed by atoms with Gasteiger partial charge in [0.05, 0.1) is 17.3 Å². The van der Waals surface area contributed by atoms with Crippen LogP contribution in [0.2, 0.25) is 0 Å². The summed E-state index contributed by atoms with van der Waals surface area (Å²) >= 11 is 0. The van der Waals surface area contributed by atoms with Gasteiger partial charge in [0.25, 0.3) is 5.56 Å². The molecule has 0 spiro atoms. The smallest absolute Gasteiger partial charge is 0.253 e. The third kappa shape index (κ3) is 3.83. The molecule has 1 aromatic carbocycles. The second-order valence-electron chi connectivity index (χ2n) is 5.45. The van der Waals surface area contributed by atoms with E-state index in [1.807, 2.05) is 0 Å². The molecule has 0 saturated heterocycles. The highest BCUT2D eigenvalue weighted by Crippen LogP contribution is 2.27. The summed E-state index contributed by atoms with van der Waals surface area (Å²) in [6.07, 6.45) is 2.76. The summed E-state index contributed by atoms with van der Waals surface area (Å²) in [5.74, 6) is -0.356. The highest BCUT2D eigenvalue weighted by Gasteiger charge is 2.35. The van der Waals surface area contributed by atoms with Gasteiger partial charge in [0.15, 0.2) is 0 Å². The number of benzene rings is 1. The first-order chi connectivity index (χ1) is 11.0. The zero-order valence-electron chi connectivity index (χ0n) is 12.3. The fraction of sp³-hybridized carbons (Fsp3) is 0.333. The van der Waals surface area contributed by atoms with E-state index in [1.54, 1.807) is 12.1 Å². The summed E-state index contributed by atoms with van der Waals surface area (Å²) in [7, 11) is -3.25. The van der Waals surface area contributed by atoms with Crippen molar-refractivity contribution in [1.82, 2.24) is 14.3 Å². The van der Waals surface area contributed by atoms with Gasteiger partial charge >= 0.3 is 0 Å². The first-order valence-corrected chi connectivity index (χ1v) is 8.81. The van der Waals surface area contributed by atoms with E-state index in [9.17, 15) is 17.6 Å². The summed E-state index contributed by atoms with van der Waals surface area (Å²) in [5, 5.41) is -0.279. The molecule has 1 saturated carbocycles. The van der Waals surface area contributed by atoms with Gasteiger partial charge in [-0.05, 0) is 37.1 Å². The first-order valence-electron chi connectivity index (χ1n) is 7.26. The van der Waals surface area contributed by atoms with Crippen LogP contribution in [0, 0.1) is 5.82 Å². The largest absolute Gasteiger partial charge is 0.298 e. The van der Waals surface area contributed by atoms with Crippen LogP contribution in [0.4, 0.5) is 4.39 Å². The maximum atomic E-state index is 12.9. The van der Waals surface area contributed by atoms with E-state index in [0.29, 0.717) is 24.1 Å². The number of aromatic nitrogens is 2. The van der Waals surface area contributed by atoms with Crippen LogP contribution in [0.5, 0.6) is 0 Å². The monoisotopic (exact) mass is 337 g/mol. The molecule has 1 N–H and O–H groups in total. The van der Waals surface area contributed by atoms with Crippen LogP contribution in [0.1, 0.15) is 12.8 Å². The van der Waals surface area contributed by atoms with Crippen LogP contribution >= 0.6 is 0 Å². The number of nitrogens with one attached hydrogen (secondary N) is 1. The Kier molecular flexibility index (Phi) is 4.27. The lowest BCUT2D eigenvalue weighted by Gasteiger charge is -2.08. The third-order valence-electron chi connectivity index (χ3n) is 3.64. The summed E-state index contributed by atoms with van der Waals surface area (Å²) in [6.45, 7) is 0.359. The standard InChI is InChI=1S/C15H16FN3O3S/c16-12-3-1-11(2-4-12)14-9-15(20)19(10-17-14)8-7-18-23(21,22)13-5-6-13/h1-4,9-10,13,18H,5-8H2. The lowest BCUT2D eigenvalue weighted by molar-refractivity contribution is 0.567. The zero-order chi connectivity index (χ0) is 16.4. The Balaban J connectivity index is 1.67. The Labute approximate surface area is 133 Å². The second-order valence-corrected chi connectivity index (χ2v) is 7.50. The number of hydrogen-bond acceptors (Lipinski definition) is 4. The Morgan fingerprint density at radius 3 is 2.57 bits per heavy atom. The lowest BCUT2D eigenvalue weighted by atomic mass is 10.1. The maximum absolute atomic E-state index is 12.9. The highest BCUT2D eigenvalue weighted by atomic mass is 32.2. The molecule has 2 aromatic rings. The van der Waals surface area contributed by atoms with E-state index < -0.39 is 10.0 Å². The predicted octanol–water partition coefficient (Wildman–Crippen LogP) is 1.13. The van der Waals surface area contributed by atoms with Gasteiger partial charge in [-0.3, -0.25) is 9.36 Å². The molecule has 0 amide bonds. The molecule has 0 unspecified atom stereocenters. The van der Waals surface area contributed by atoms with E-state index in [-0.39, 0.29) is 29.7 Å². The third-order valence-corrected chi connectivity index (χ3v) is 5.59. The van der Waals surface area contributed by atoms with Crippen molar-refractivity contribution in [2.24, 2.45) is 0 Å². The fourth-order valence-electron chi connectivity index (χ4n) is 2.18. The number of nitrogens with zero attached hydrogens (tertiary/aromatic N) is 2. The Morgan fingerprint density at radius 1 is 1.26 bits per heavy atom. The second kappa shape index (κ2) is 6.21. The van der Waals surface area contributed by atoms with Crippen molar-refractivity contribution in [3.8, 4) is 11.3 Å². The van der Waals surface area contributed by atoms with Crippen molar-refractivity contribution in [2.75, 3.05) is 6.54 Å². The molecular weight excluding hydrogens is 321 g/mol. The van der Waals surface area contributed by atoms with Crippen molar-refractivity contribution in [3.05, 3.63) is 52.8 Å². The molecule has 0 atom stereocenters. The molecule has 0 radical (unpaired) electrons. The van der Waals surface area contributed by atoms with Gasteiger partial charge in [-0.25, -0.2) is 22.5 Å². The highest BCUT2D eigenvalue weighted by molar-refractivity contribution is 7.90. The summed E-state index contributed by atoms with van der Waals surface area (Å²) in [5.41, 5.74) is 0.805. The van der Waals surface area contributed by atoms with Crippen molar-refractivity contribution < 1.29 is 12.8 Å². The van der Waals surface area contributed by atoms with Crippen molar-refractivity contribution in [2.45, 2.75) is 24.6 Å². The number of hydrogen-bond donors (Lipinski definition) is 1. The van der Waals surface area contributed by atoms with Crippen LogP contribution in [0.15, 0.2) is 41.5 Å². The average Bonchev–Trinajstić information content (AvgIpc) is 3.35. The van der Waals surface area contributed by atoms with Gasteiger partial charge in [0.1, 0.15) is 5.82 Å². The molecular formula is C15H16FN3O3S. The Morgan fingerprint density at radius 2 is 1.96 bits per heavy atom. The van der Waals surface area contributed by atoms with E-state index in [2.05, 4.69) is 9.71 Å². The minimum atomic E-state index is -3.25. The Bertz CT molecular complexity index is 858. The van der Waals surface area contributed by atoms with Crippen molar-refractivity contribution >= 4 is 10.0 Å².